The number of aromatic nitrogens is 1. The van der Waals surface area contributed by atoms with Crippen LogP contribution in [0.1, 0.15) is 5.56 Å². The molecule has 1 aromatic carbocycles. The lowest BCUT2D eigenvalue weighted by Crippen LogP contribution is -2.00. The zero-order valence-electron chi connectivity index (χ0n) is 8.56. The Morgan fingerprint density at radius 2 is 2.12 bits per heavy atom. The lowest BCUT2D eigenvalue weighted by Gasteiger charge is -2.08. The lowest BCUT2D eigenvalue weighted by atomic mass is 10.2. The molecule has 1 aromatic heterocycles. The monoisotopic (exact) mass is 218 g/mol. The van der Waals surface area contributed by atoms with Crippen molar-refractivity contribution < 1.29 is 9.13 Å². The first-order valence-electron chi connectivity index (χ1n) is 4.87. The molecule has 82 valence electrons. The fourth-order valence-corrected chi connectivity index (χ4v) is 1.33. The summed E-state index contributed by atoms with van der Waals surface area (Å²) >= 11 is 0. The van der Waals surface area contributed by atoms with Gasteiger partial charge in [-0.2, -0.15) is 0 Å². The van der Waals surface area contributed by atoms with Crippen LogP contribution in [-0.2, 0) is 6.54 Å². The van der Waals surface area contributed by atoms with E-state index in [-0.39, 0.29) is 12.4 Å². The van der Waals surface area contributed by atoms with Crippen molar-refractivity contribution in [2.45, 2.75) is 6.54 Å². The van der Waals surface area contributed by atoms with Crippen molar-refractivity contribution in [2.24, 2.45) is 5.73 Å². The molecule has 0 bridgehead atoms. The third-order valence-corrected chi connectivity index (χ3v) is 2.09. The number of pyridine rings is 1. The van der Waals surface area contributed by atoms with Gasteiger partial charge in [-0.3, -0.25) is 0 Å². The zero-order chi connectivity index (χ0) is 11.4. The number of halogens is 1. The zero-order valence-corrected chi connectivity index (χ0v) is 8.56. The average molecular weight is 218 g/mol. The van der Waals surface area contributed by atoms with Gasteiger partial charge in [0.1, 0.15) is 11.6 Å². The minimum absolute atomic E-state index is 0.222. The van der Waals surface area contributed by atoms with Gasteiger partial charge in [0.05, 0.1) is 0 Å². The third-order valence-electron chi connectivity index (χ3n) is 2.09. The Morgan fingerprint density at radius 1 is 1.25 bits per heavy atom. The van der Waals surface area contributed by atoms with E-state index in [0.717, 1.165) is 0 Å². The minimum Gasteiger partial charge on any atom is -0.439 e. The van der Waals surface area contributed by atoms with Crippen LogP contribution in [-0.4, -0.2) is 4.98 Å². The van der Waals surface area contributed by atoms with Crippen LogP contribution in [0.3, 0.4) is 0 Å². The summed E-state index contributed by atoms with van der Waals surface area (Å²) in [7, 11) is 0. The first kappa shape index (κ1) is 10.6. The Hall–Kier alpha value is -1.94. The molecule has 0 radical (unpaired) electrons. The highest BCUT2D eigenvalue weighted by molar-refractivity contribution is 5.36. The molecular formula is C12H11FN2O. The Labute approximate surface area is 92.7 Å². The van der Waals surface area contributed by atoms with E-state index in [2.05, 4.69) is 4.98 Å². The molecule has 0 fully saturated rings. The number of nitrogens with zero attached hydrogens (tertiary/aromatic N) is 1. The first-order chi connectivity index (χ1) is 7.79. The quantitative estimate of drug-likeness (QED) is 0.860. The Bertz CT molecular complexity index is 474. The van der Waals surface area contributed by atoms with Crippen LogP contribution in [0.25, 0.3) is 0 Å². The van der Waals surface area contributed by atoms with E-state index in [1.54, 1.807) is 24.4 Å². The van der Waals surface area contributed by atoms with E-state index in [1.807, 2.05) is 6.07 Å². The molecule has 0 saturated carbocycles. The standard InChI is InChI=1S/C12H11FN2O/c13-10-4-5-11(9(7-10)8-14)16-12-3-1-2-6-15-12/h1-7H,8,14H2. The summed E-state index contributed by atoms with van der Waals surface area (Å²) in [5.41, 5.74) is 6.12. The van der Waals surface area contributed by atoms with Gasteiger partial charge in [-0.15, -0.1) is 0 Å². The van der Waals surface area contributed by atoms with E-state index < -0.39 is 0 Å². The molecule has 0 aliphatic carbocycles. The molecule has 0 saturated heterocycles. The van der Waals surface area contributed by atoms with Gasteiger partial charge in [0.2, 0.25) is 5.88 Å². The molecule has 3 nitrogen and oxygen atoms in total. The fraction of sp³-hybridized carbons (Fsp3) is 0.0833. The SMILES string of the molecule is NCc1cc(F)ccc1Oc1ccccn1. The van der Waals surface area contributed by atoms with Gasteiger partial charge in [-0.05, 0) is 24.3 Å². The second-order valence-corrected chi connectivity index (χ2v) is 3.23. The molecule has 4 heteroatoms. The number of benzene rings is 1. The van der Waals surface area contributed by atoms with Crippen LogP contribution < -0.4 is 10.5 Å². The van der Waals surface area contributed by atoms with Crippen LogP contribution >= 0.6 is 0 Å². The maximum Gasteiger partial charge on any atom is 0.219 e. The Balaban J connectivity index is 2.28. The second-order valence-electron chi connectivity index (χ2n) is 3.23. The summed E-state index contributed by atoms with van der Waals surface area (Å²) in [4.78, 5) is 4.02. The minimum atomic E-state index is -0.325. The Morgan fingerprint density at radius 3 is 2.81 bits per heavy atom. The number of hydrogen-bond donors (Lipinski definition) is 1. The van der Waals surface area contributed by atoms with Gasteiger partial charge in [-0.1, -0.05) is 6.07 Å². The molecule has 1 heterocycles. The van der Waals surface area contributed by atoms with E-state index >= 15 is 0 Å². The van der Waals surface area contributed by atoms with Crippen LogP contribution in [0.15, 0.2) is 42.6 Å². The maximum absolute atomic E-state index is 12.9. The van der Waals surface area contributed by atoms with E-state index in [0.29, 0.717) is 17.2 Å². The molecule has 2 rings (SSSR count). The highest BCUT2D eigenvalue weighted by Gasteiger charge is 2.05. The molecule has 0 amide bonds. The van der Waals surface area contributed by atoms with Crippen molar-refractivity contribution in [1.82, 2.24) is 4.98 Å². The van der Waals surface area contributed by atoms with Crippen molar-refractivity contribution in [2.75, 3.05) is 0 Å². The van der Waals surface area contributed by atoms with Gasteiger partial charge < -0.3 is 10.5 Å². The third kappa shape index (κ3) is 2.35. The summed E-state index contributed by atoms with van der Waals surface area (Å²) in [5, 5.41) is 0. The van der Waals surface area contributed by atoms with E-state index in [1.165, 1.54) is 12.1 Å². The first-order valence-corrected chi connectivity index (χ1v) is 4.87. The van der Waals surface area contributed by atoms with Gasteiger partial charge in [-0.25, -0.2) is 9.37 Å². The molecule has 2 aromatic rings. The Kier molecular flexibility index (Phi) is 3.12. The molecule has 0 aliphatic heterocycles. The van der Waals surface area contributed by atoms with Crippen molar-refractivity contribution in [3.05, 3.63) is 54.0 Å². The molecule has 0 unspecified atom stereocenters. The lowest BCUT2D eigenvalue weighted by molar-refractivity contribution is 0.455. The van der Waals surface area contributed by atoms with Gasteiger partial charge >= 0.3 is 0 Å². The van der Waals surface area contributed by atoms with Crippen molar-refractivity contribution in [3.63, 3.8) is 0 Å². The smallest absolute Gasteiger partial charge is 0.219 e. The van der Waals surface area contributed by atoms with Crippen molar-refractivity contribution in [1.29, 1.82) is 0 Å². The molecule has 0 spiro atoms. The predicted molar refractivity (Wildman–Crippen MR) is 58.6 cm³/mol. The van der Waals surface area contributed by atoms with Gasteiger partial charge in [0, 0.05) is 24.4 Å². The predicted octanol–water partition coefficient (Wildman–Crippen LogP) is 2.47. The molecule has 0 aliphatic rings. The van der Waals surface area contributed by atoms with Crippen LogP contribution in [0.5, 0.6) is 11.6 Å². The van der Waals surface area contributed by atoms with Crippen LogP contribution in [0.4, 0.5) is 4.39 Å². The van der Waals surface area contributed by atoms with Crippen molar-refractivity contribution >= 4 is 0 Å². The normalized spacial score (nSPS) is 10.1. The fourth-order valence-electron chi connectivity index (χ4n) is 1.33. The summed E-state index contributed by atoms with van der Waals surface area (Å²) in [5.74, 6) is 0.667. The topological polar surface area (TPSA) is 48.1 Å². The largest absolute Gasteiger partial charge is 0.439 e. The van der Waals surface area contributed by atoms with Crippen LogP contribution in [0, 0.1) is 5.82 Å². The highest BCUT2D eigenvalue weighted by Crippen LogP contribution is 2.24. The molecule has 16 heavy (non-hydrogen) atoms. The van der Waals surface area contributed by atoms with E-state index in [9.17, 15) is 4.39 Å². The van der Waals surface area contributed by atoms with Gasteiger partial charge in [0.25, 0.3) is 0 Å². The number of nitrogens with two attached hydrogens (primary N) is 1. The number of hydrogen-bond acceptors (Lipinski definition) is 3. The van der Waals surface area contributed by atoms with E-state index in [4.69, 9.17) is 10.5 Å². The number of ether oxygens (including phenoxy) is 1. The second kappa shape index (κ2) is 4.72. The highest BCUT2D eigenvalue weighted by atomic mass is 19.1. The number of rotatable bonds is 3. The average Bonchev–Trinajstić information content (AvgIpc) is 2.33. The summed E-state index contributed by atoms with van der Waals surface area (Å²) in [6.45, 7) is 0.222. The summed E-state index contributed by atoms with van der Waals surface area (Å²) in [6.07, 6.45) is 1.63. The van der Waals surface area contributed by atoms with Gasteiger partial charge in [0.15, 0.2) is 0 Å². The molecule has 2 N–H and O–H groups in total. The molecule has 0 atom stereocenters. The summed E-state index contributed by atoms with van der Waals surface area (Å²) in [6, 6.07) is 9.57. The summed E-state index contributed by atoms with van der Waals surface area (Å²) < 4.78 is 18.4. The van der Waals surface area contributed by atoms with Crippen molar-refractivity contribution in [3.8, 4) is 11.6 Å². The molecular weight excluding hydrogens is 207 g/mol. The maximum atomic E-state index is 12.9. The van der Waals surface area contributed by atoms with Crippen LogP contribution in [0.2, 0.25) is 0 Å².